The molecular formula is C21H24N4O3S2. The highest BCUT2D eigenvalue weighted by Crippen LogP contribution is 2.29. The molecule has 1 fully saturated rings. The largest absolute Gasteiger partial charge is 0.464 e. The topological polar surface area (TPSA) is 88.3 Å². The Labute approximate surface area is 183 Å². The van der Waals surface area contributed by atoms with Gasteiger partial charge in [0.05, 0.1) is 6.54 Å². The van der Waals surface area contributed by atoms with Crippen molar-refractivity contribution in [1.82, 2.24) is 19.8 Å². The summed E-state index contributed by atoms with van der Waals surface area (Å²) < 4.78 is 9.66. The van der Waals surface area contributed by atoms with E-state index in [1.54, 1.807) is 27.7 Å². The number of aromatic nitrogens is 2. The predicted molar refractivity (Wildman–Crippen MR) is 115 cm³/mol. The van der Waals surface area contributed by atoms with Gasteiger partial charge in [0.15, 0.2) is 11.7 Å². The van der Waals surface area contributed by atoms with Crippen LogP contribution in [0.2, 0.25) is 0 Å². The lowest BCUT2D eigenvalue weighted by Gasteiger charge is -2.31. The molecule has 1 saturated carbocycles. The van der Waals surface area contributed by atoms with E-state index in [1.807, 2.05) is 30.5 Å². The molecule has 158 valence electrons. The van der Waals surface area contributed by atoms with Crippen molar-refractivity contribution in [1.29, 1.82) is 0 Å². The molecule has 1 N–H and O–H groups in total. The summed E-state index contributed by atoms with van der Waals surface area (Å²) in [5.41, 5.74) is 0.232. The zero-order valence-electron chi connectivity index (χ0n) is 16.7. The number of nitrogens with one attached hydrogen (secondary N) is 1. The van der Waals surface area contributed by atoms with Crippen LogP contribution in [-0.4, -0.2) is 32.3 Å². The number of hydrogen-bond acceptors (Lipinski definition) is 7. The van der Waals surface area contributed by atoms with E-state index >= 15 is 0 Å². The molecule has 3 aromatic heterocycles. The Morgan fingerprint density at radius 1 is 1.27 bits per heavy atom. The van der Waals surface area contributed by atoms with E-state index in [0.717, 1.165) is 42.1 Å². The smallest absolute Gasteiger partial charge is 0.276 e. The van der Waals surface area contributed by atoms with Crippen LogP contribution in [0.25, 0.3) is 0 Å². The lowest BCUT2D eigenvalue weighted by molar-refractivity contribution is -0.127. The van der Waals surface area contributed by atoms with E-state index in [-0.39, 0.29) is 30.1 Å². The first-order valence-corrected chi connectivity index (χ1v) is 11.8. The Bertz CT molecular complexity index is 962. The molecule has 30 heavy (non-hydrogen) atoms. The van der Waals surface area contributed by atoms with Gasteiger partial charge in [-0.15, -0.1) is 16.4 Å². The van der Waals surface area contributed by atoms with Gasteiger partial charge in [-0.2, -0.15) is 0 Å². The molecule has 2 amide bonds. The lowest BCUT2D eigenvalue weighted by Crippen LogP contribution is -2.46. The van der Waals surface area contributed by atoms with Crippen molar-refractivity contribution in [2.24, 2.45) is 0 Å². The summed E-state index contributed by atoms with van der Waals surface area (Å²) in [5, 5.41) is 10.7. The third-order valence-electron chi connectivity index (χ3n) is 5.29. The third-order valence-corrected chi connectivity index (χ3v) is 6.65. The van der Waals surface area contributed by atoms with E-state index < -0.39 is 6.04 Å². The number of carbonyl (C=O) groups excluding carboxylic acids is 2. The Morgan fingerprint density at radius 3 is 2.73 bits per heavy atom. The molecule has 7 nitrogen and oxygen atoms in total. The molecule has 1 aliphatic rings. The number of nitrogens with zero attached hydrogens (tertiary/aromatic N) is 3. The second-order valence-electron chi connectivity index (χ2n) is 7.50. The minimum absolute atomic E-state index is 0.129. The molecule has 0 bridgehead atoms. The molecule has 0 radical (unpaired) electrons. The molecule has 0 spiro atoms. The van der Waals surface area contributed by atoms with E-state index in [2.05, 4.69) is 14.9 Å². The molecule has 0 aliphatic heterocycles. The second kappa shape index (κ2) is 9.53. The number of amides is 2. The van der Waals surface area contributed by atoms with Gasteiger partial charge in [0.25, 0.3) is 11.8 Å². The monoisotopic (exact) mass is 444 g/mol. The van der Waals surface area contributed by atoms with Gasteiger partial charge in [-0.3, -0.25) is 9.59 Å². The first kappa shape index (κ1) is 20.7. The minimum atomic E-state index is -0.878. The fourth-order valence-electron chi connectivity index (χ4n) is 3.81. The highest BCUT2D eigenvalue weighted by molar-refractivity contribution is 7.09. The lowest BCUT2D eigenvalue weighted by atomic mass is 9.95. The highest BCUT2D eigenvalue weighted by Gasteiger charge is 2.36. The maximum atomic E-state index is 13.5. The summed E-state index contributed by atoms with van der Waals surface area (Å²) in [6.45, 7) is 2.12. The zero-order chi connectivity index (χ0) is 20.9. The molecule has 3 heterocycles. The molecule has 0 aromatic carbocycles. The fraction of sp³-hybridized carbons (Fsp3) is 0.429. The molecular weight excluding hydrogens is 420 g/mol. The van der Waals surface area contributed by atoms with E-state index in [0.29, 0.717) is 11.5 Å². The van der Waals surface area contributed by atoms with Crippen molar-refractivity contribution in [3.8, 4) is 0 Å². The van der Waals surface area contributed by atoms with Crippen LogP contribution in [0.15, 0.2) is 39.4 Å². The quantitative estimate of drug-likeness (QED) is 0.586. The van der Waals surface area contributed by atoms with Gasteiger partial charge in [-0.05, 0) is 54.9 Å². The second-order valence-corrected chi connectivity index (χ2v) is 9.14. The predicted octanol–water partition coefficient (Wildman–Crippen LogP) is 4.33. The number of thiophene rings is 1. The van der Waals surface area contributed by atoms with Gasteiger partial charge in [-0.1, -0.05) is 29.8 Å². The van der Waals surface area contributed by atoms with Gasteiger partial charge in [0.1, 0.15) is 11.5 Å². The zero-order valence-corrected chi connectivity index (χ0v) is 18.4. The van der Waals surface area contributed by atoms with Gasteiger partial charge < -0.3 is 14.6 Å². The Hall–Kier alpha value is -2.52. The van der Waals surface area contributed by atoms with Crippen LogP contribution in [0.4, 0.5) is 0 Å². The summed E-state index contributed by atoms with van der Waals surface area (Å²) in [5.74, 6) is 0.590. The van der Waals surface area contributed by atoms with Crippen LogP contribution in [0.1, 0.15) is 65.0 Å². The van der Waals surface area contributed by atoms with Crippen LogP contribution in [-0.2, 0) is 11.3 Å². The van der Waals surface area contributed by atoms with Crippen LogP contribution >= 0.6 is 22.9 Å². The van der Waals surface area contributed by atoms with Crippen molar-refractivity contribution in [3.05, 3.63) is 57.1 Å². The number of carbonyl (C=O) groups is 2. The molecule has 3 aromatic rings. The Morgan fingerprint density at radius 2 is 2.10 bits per heavy atom. The summed E-state index contributed by atoms with van der Waals surface area (Å²) in [4.78, 5) is 29.4. The summed E-state index contributed by atoms with van der Waals surface area (Å²) >= 11 is 2.65. The highest BCUT2D eigenvalue weighted by atomic mass is 32.1. The van der Waals surface area contributed by atoms with Crippen molar-refractivity contribution in [2.45, 2.75) is 57.7 Å². The molecule has 9 heteroatoms. The molecule has 1 atom stereocenters. The summed E-state index contributed by atoms with van der Waals surface area (Å²) in [6, 6.07) is 6.72. The van der Waals surface area contributed by atoms with Crippen LogP contribution < -0.4 is 5.32 Å². The normalized spacial score (nSPS) is 15.6. The minimum Gasteiger partial charge on any atom is -0.464 e. The van der Waals surface area contributed by atoms with Crippen molar-refractivity contribution < 1.29 is 14.0 Å². The van der Waals surface area contributed by atoms with E-state index in [1.165, 1.54) is 6.42 Å². The van der Waals surface area contributed by atoms with Crippen molar-refractivity contribution in [2.75, 3.05) is 0 Å². The van der Waals surface area contributed by atoms with E-state index in [9.17, 15) is 9.59 Å². The molecule has 0 unspecified atom stereocenters. The molecule has 1 aliphatic carbocycles. The first-order chi connectivity index (χ1) is 14.6. The molecule has 0 saturated heterocycles. The average molecular weight is 445 g/mol. The number of rotatable bonds is 7. The van der Waals surface area contributed by atoms with Crippen LogP contribution in [0.5, 0.6) is 0 Å². The van der Waals surface area contributed by atoms with Crippen molar-refractivity contribution in [3.63, 3.8) is 0 Å². The SMILES string of the molecule is Cc1ccc([C@H](C(=O)NC2CCCCC2)N(Cc2cccs2)C(=O)c2csnn2)o1. The number of aryl methyl sites for hydroxylation is 1. The van der Waals surface area contributed by atoms with Crippen LogP contribution in [0.3, 0.4) is 0 Å². The van der Waals surface area contributed by atoms with Crippen molar-refractivity contribution >= 4 is 34.7 Å². The van der Waals surface area contributed by atoms with Gasteiger partial charge >= 0.3 is 0 Å². The first-order valence-electron chi connectivity index (χ1n) is 10.1. The fourth-order valence-corrected chi connectivity index (χ4v) is 4.94. The maximum absolute atomic E-state index is 13.5. The number of hydrogen-bond donors (Lipinski definition) is 1. The average Bonchev–Trinajstić information content (AvgIpc) is 3.51. The standard InChI is InChI=1S/C21H24N4O3S2/c1-14-9-10-18(28-14)19(20(26)22-15-6-3-2-4-7-15)25(12-16-8-5-11-29-16)21(27)17-13-30-24-23-17/h5,8-11,13,15,19H,2-4,6-7,12H2,1H3,(H,22,26)/t19-/m1/s1. The van der Waals surface area contributed by atoms with E-state index in [4.69, 9.17) is 4.42 Å². The van der Waals surface area contributed by atoms with Gasteiger partial charge in [0, 0.05) is 16.3 Å². The van der Waals surface area contributed by atoms with Gasteiger partial charge in [-0.25, -0.2) is 0 Å². The van der Waals surface area contributed by atoms with Gasteiger partial charge in [0.2, 0.25) is 0 Å². The maximum Gasteiger partial charge on any atom is 0.276 e. The Kier molecular flexibility index (Phi) is 6.59. The number of furan rings is 1. The molecule has 4 rings (SSSR count). The van der Waals surface area contributed by atoms with Crippen LogP contribution in [0, 0.1) is 6.92 Å². The summed E-state index contributed by atoms with van der Waals surface area (Å²) in [6.07, 6.45) is 5.34. The Balaban J connectivity index is 1.68. The third kappa shape index (κ3) is 4.79. The summed E-state index contributed by atoms with van der Waals surface area (Å²) in [7, 11) is 0.